The van der Waals surface area contributed by atoms with E-state index in [1.807, 2.05) is 0 Å². The van der Waals surface area contributed by atoms with Crippen LogP contribution in [0.3, 0.4) is 0 Å². The molecule has 11 unspecified atom stereocenters. The molecule has 3 heteroatoms. The van der Waals surface area contributed by atoms with E-state index >= 15 is 0 Å². The van der Waals surface area contributed by atoms with Crippen LogP contribution in [-0.2, 0) is 4.79 Å². The topological polar surface area (TPSA) is 57.5 Å². The Balaban J connectivity index is 1.55. The summed E-state index contributed by atoms with van der Waals surface area (Å²) < 4.78 is 0. The van der Waals surface area contributed by atoms with Gasteiger partial charge in [0.2, 0.25) is 0 Å². The number of allylic oxidation sites excluding steroid dienone is 1. The third-order valence-corrected chi connectivity index (χ3v) is 13.5. The molecule has 186 valence electrons. The minimum absolute atomic E-state index is 0.0853. The Hall–Kier alpha value is -0.670. The van der Waals surface area contributed by atoms with Gasteiger partial charge in [-0.2, -0.15) is 0 Å². The zero-order valence-corrected chi connectivity index (χ0v) is 21.8. The van der Waals surface area contributed by atoms with Crippen LogP contribution in [0.1, 0.15) is 98.8 Å². The number of aliphatic hydroxyl groups excluding tert-OH is 2. The monoisotopic (exact) mass is 456 g/mol. The van der Waals surface area contributed by atoms with Gasteiger partial charge in [-0.1, -0.05) is 39.8 Å². The second-order valence-electron chi connectivity index (χ2n) is 14.3. The van der Waals surface area contributed by atoms with E-state index in [1.165, 1.54) is 37.5 Å². The standard InChI is InChI=1S/C30H48O3/c1-19(2)20-9-14-30(18-32)16-15-28(5)21(25(20)30)7-8-23-26(3)12-11-24(33)27(4,17-31)22(26)10-13-29(23,28)6/h18,20-25,31,33H,1,7-17H2,2-6H3. The van der Waals surface area contributed by atoms with Crippen LogP contribution in [0.15, 0.2) is 12.2 Å². The minimum Gasteiger partial charge on any atom is -0.396 e. The summed E-state index contributed by atoms with van der Waals surface area (Å²) in [6.07, 6.45) is 12.0. The Kier molecular flexibility index (Phi) is 5.40. The first-order chi connectivity index (χ1) is 15.4. The van der Waals surface area contributed by atoms with Gasteiger partial charge in [0.15, 0.2) is 0 Å². The number of carbonyl (C=O) groups excluding carboxylic acids is 1. The number of aliphatic hydroxyl groups is 2. The molecule has 0 heterocycles. The average molecular weight is 457 g/mol. The van der Waals surface area contributed by atoms with E-state index in [0.717, 1.165) is 38.5 Å². The van der Waals surface area contributed by atoms with Gasteiger partial charge in [-0.05, 0) is 117 Å². The number of fused-ring (bicyclic) bond motifs is 7. The van der Waals surface area contributed by atoms with Crippen LogP contribution in [0, 0.1) is 56.7 Å². The van der Waals surface area contributed by atoms with Gasteiger partial charge < -0.3 is 15.0 Å². The molecule has 0 aromatic rings. The van der Waals surface area contributed by atoms with Crippen LogP contribution in [-0.4, -0.2) is 29.2 Å². The predicted octanol–water partition coefficient (Wildman–Crippen LogP) is 6.18. The maximum Gasteiger partial charge on any atom is 0.126 e. The zero-order valence-electron chi connectivity index (χ0n) is 21.8. The van der Waals surface area contributed by atoms with Crippen LogP contribution in [0.25, 0.3) is 0 Å². The van der Waals surface area contributed by atoms with E-state index in [4.69, 9.17) is 0 Å². The highest BCUT2D eigenvalue weighted by Crippen LogP contribution is 2.77. The van der Waals surface area contributed by atoms with Crippen LogP contribution >= 0.6 is 0 Å². The average Bonchev–Trinajstić information content (AvgIpc) is 3.17. The third kappa shape index (κ3) is 2.79. The second kappa shape index (κ2) is 7.42. The van der Waals surface area contributed by atoms with Gasteiger partial charge in [-0.15, -0.1) is 0 Å². The zero-order chi connectivity index (χ0) is 24.0. The molecule has 33 heavy (non-hydrogen) atoms. The minimum atomic E-state index is -0.394. The molecule has 5 rings (SSSR count). The van der Waals surface area contributed by atoms with Gasteiger partial charge in [0, 0.05) is 10.8 Å². The second-order valence-corrected chi connectivity index (χ2v) is 14.3. The molecule has 5 aliphatic rings. The summed E-state index contributed by atoms with van der Waals surface area (Å²) in [4.78, 5) is 12.6. The Morgan fingerprint density at radius 3 is 2.27 bits per heavy atom. The summed E-state index contributed by atoms with van der Waals surface area (Å²) in [6, 6.07) is 0. The predicted molar refractivity (Wildman–Crippen MR) is 132 cm³/mol. The summed E-state index contributed by atoms with van der Waals surface area (Å²) in [5, 5.41) is 21.3. The van der Waals surface area contributed by atoms with Crippen LogP contribution in [0.5, 0.6) is 0 Å². The first-order valence-electron chi connectivity index (χ1n) is 13.8. The lowest BCUT2D eigenvalue weighted by Crippen LogP contribution is -2.67. The molecule has 5 fully saturated rings. The van der Waals surface area contributed by atoms with Crippen LogP contribution in [0.2, 0.25) is 0 Å². The first kappa shape index (κ1) is 24.0. The fourth-order valence-corrected chi connectivity index (χ4v) is 11.4. The molecule has 3 nitrogen and oxygen atoms in total. The van der Waals surface area contributed by atoms with E-state index < -0.39 is 6.10 Å². The van der Waals surface area contributed by atoms with Gasteiger partial charge in [-0.25, -0.2) is 0 Å². The molecule has 0 radical (unpaired) electrons. The number of hydrogen-bond acceptors (Lipinski definition) is 3. The van der Waals surface area contributed by atoms with Gasteiger partial charge in [-0.3, -0.25) is 0 Å². The number of hydrogen-bond donors (Lipinski definition) is 2. The Morgan fingerprint density at radius 2 is 1.64 bits per heavy atom. The van der Waals surface area contributed by atoms with Crippen molar-refractivity contribution >= 4 is 6.29 Å². The lowest BCUT2D eigenvalue weighted by Gasteiger charge is -2.72. The smallest absolute Gasteiger partial charge is 0.126 e. The van der Waals surface area contributed by atoms with Gasteiger partial charge in [0.25, 0.3) is 0 Å². The molecule has 0 spiro atoms. The van der Waals surface area contributed by atoms with Crippen molar-refractivity contribution in [3.05, 3.63) is 12.2 Å². The van der Waals surface area contributed by atoms with E-state index in [2.05, 4.69) is 41.2 Å². The van der Waals surface area contributed by atoms with Gasteiger partial charge in [0.1, 0.15) is 6.29 Å². The summed E-state index contributed by atoms with van der Waals surface area (Å²) in [5.41, 5.74) is 1.43. The molecule has 0 aliphatic heterocycles. The molecule has 0 aromatic heterocycles. The molecule has 2 N–H and O–H groups in total. The van der Waals surface area contributed by atoms with E-state index in [0.29, 0.717) is 29.6 Å². The Morgan fingerprint density at radius 1 is 0.909 bits per heavy atom. The van der Waals surface area contributed by atoms with E-state index in [9.17, 15) is 15.0 Å². The SMILES string of the molecule is C=C(C)C1CCC2(C=O)CCC3(C)C(CCC4C5(C)CCC(O)C(C)(CO)C5CCC43C)C12. The van der Waals surface area contributed by atoms with Crippen molar-refractivity contribution in [2.45, 2.75) is 105 Å². The largest absolute Gasteiger partial charge is 0.396 e. The molecule has 0 amide bonds. The van der Waals surface area contributed by atoms with E-state index in [1.54, 1.807) is 0 Å². The fourth-order valence-electron chi connectivity index (χ4n) is 11.4. The van der Waals surface area contributed by atoms with Crippen molar-refractivity contribution in [3.63, 3.8) is 0 Å². The quantitative estimate of drug-likeness (QED) is 0.394. The molecule has 0 aromatic carbocycles. The Labute approximate surface area is 201 Å². The van der Waals surface area contributed by atoms with E-state index in [-0.39, 0.29) is 33.7 Å². The number of rotatable bonds is 3. The Bertz CT molecular complexity index is 836. The highest BCUT2D eigenvalue weighted by molar-refractivity contribution is 5.62. The number of aldehydes is 1. The fraction of sp³-hybridized carbons (Fsp3) is 0.900. The lowest BCUT2D eigenvalue weighted by atomic mass is 9.32. The van der Waals surface area contributed by atoms with Crippen molar-refractivity contribution in [2.75, 3.05) is 6.61 Å². The van der Waals surface area contributed by atoms with Gasteiger partial charge in [0.05, 0.1) is 12.7 Å². The molecular formula is C30H48O3. The molecule has 11 atom stereocenters. The lowest BCUT2D eigenvalue weighted by molar-refractivity contribution is -0.252. The van der Waals surface area contributed by atoms with Crippen LogP contribution in [0.4, 0.5) is 0 Å². The van der Waals surface area contributed by atoms with Crippen molar-refractivity contribution in [3.8, 4) is 0 Å². The van der Waals surface area contributed by atoms with Crippen LogP contribution < -0.4 is 0 Å². The van der Waals surface area contributed by atoms with Crippen molar-refractivity contribution < 1.29 is 15.0 Å². The molecule has 0 bridgehead atoms. The maximum absolute atomic E-state index is 12.6. The summed E-state index contributed by atoms with van der Waals surface area (Å²) in [6.45, 7) is 16.5. The van der Waals surface area contributed by atoms with Crippen molar-refractivity contribution in [1.29, 1.82) is 0 Å². The highest BCUT2D eigenvalue weighted by Gasteiger charge is 2.71. The normalized spacial score (nSPS) is 57.9. The number of carbonyl (C=O) groups is 1. The molecule has 5 aliphatic carbocycles. The summed E-state index contributed by atoms with van der Waals surface area (Å²) >= 11 is 0. The summed E-state index contributed by atoms with van der Waals surface area (Å²) in [7, 11) is 0. The third-order valence-electron chi connectivity index (χ3n) is 13.5. The maximum atomic E-state index is 12.6. The molecular weight excluding hydrogens is 408 g/mol. The highest BCUT2D eigenvalue weighted by atomic mass is 16.3. The molecule has 0 saturated heterocycles. The van der Waals surface area contributed by atoms with Crippen molar-refractivity contribution in [2.24, 2.45) is 56.7 Å². The summed E-state index contributed by atoms with van der Waals surface area (Å²) in [5.74, 6) is 2.56. The molecule has 5 saturated carbocycles. The first-order valence-corrected chi connectivity index (χ1v) is 13.8. The van der Waals surface area contributed by atoms with Crippen molar-refractivity contribution in [1.82, 2.24) is 0 Å². The van der Waals surface area contributed by atoms with Gasteiger partial charge >= 0.3 is 0 Å².